The Balaban J connectivity index is 1.61. The number of nitro benzene ring substituents is 1. The molecule has 3 aromatic carbocycles. The number of urea groups is 1. The van der Waals surface area contributed by atoms with E-state index in [4.69, 9.17) is 15.8 Å². The van der Waals surface area contributed by atoms with Gasteiger partial charge in [0.2, 0.25) is 0 Å². The van der Waals surface area contributed by atoms with Crippen LogP contribution in [0.3, 0.4) is 0 Å². The molecular weight excluding hydrogens is 514 g/mol. The molecule has 13 heteroatoms. The predicted molar refractivity (Wildman–Crippen MR) is 128 cm³/mol. The minimum Gasteiger partial charge on any atom is -0.377 e. The van der Waals surface area contributed by atoms with Crippen molar-refractivity contribution in [1.82, 2.24) is 5.32 Å². The van der Waals surface area contributed by atoms with Crippen LogP contribution in [0.5, 0.6) is 5.75 Å². The van der Waals surface area contributed by atoms with Crippen LogP contribution in [-0.4, -0.2) is 31.2 Å². The molecule has 1 aliphatic heterocycles. The van der Waals surface area contributed by atoms with Crippen molar-refractivity contribution in [2.45, 2.75) is 4.90 Å². The molecule has 1 heterocycles. The smallest absolute Gasteiger partial charge is 0.339 e. The van der Waals surface area contributed by atoms with Crippen LogP contribution in [-0.2, 0) is 19.7 Å². The normalized spacial score (nSPS) is 15.1. The third kappa shape index (κ3) is 4.94. The monoisotopic (exact) mass is 527 g/mol. The van der Waals surface area contributed by atoms with Crippen LogP contribution in [0, 0.1) is 10.1 Å². The second-order valence-electron chi connectivity index (χ2n) is 7.27. The maximum Gasteiger partial charge on any atom is 0.339 e. The molecule has 0 radical (unpaired) electrons. The largest absolute Gasteiger partial charge is 0.377 e. The van der Waals surface area contributed by atoms with Crippen molar-refractivity contribution >= 4 is 57.0 Å². The number of nitro groups is 1. The molecule has 0 bridgehead atoms. The predicted octanol–water partition coefficient (Wildman–Crippen LogP) is 3.68. The summed E-state index contributed by atoms with van der Waals surface area (Å²) in [7, 11) is -4.15. The Morgan fingerprint density at radius 2 is 1.64 bits per heavy atom. The summed E-state index contributed by atoms with van der Waals surface area (Å²) in [5.74, 6) is -2.11. The fraction of sp³-hybridized carbons (Fsp3) is 0. The number of non-ortho nitro benzene ring substituents is 1. The molecule has 4 rings (SSSR count). The Kier molecular flexibility index (Phi) is 6.55. The fourth-order valence-electron chi connectivity index (χ4n) is 3.21. The van der Waals surface area contributed by atoms with E-state index < -0.39 is 38.5 Å². The van der Waals surface area contributed by atoms with E-state index in [1.54, 1.807) is 6.07 Å². The Morgan fingerprint density at radius 3 is 2.25 bits per heavy atom. The van der Waals surface area contributed by atoms with Crippen LogP contribution in [0.15, 0.2) is 83.3 Å². The van der Waals surface area contributed by atoms with E-state index in [2.05, 4.69) is 0 Å². The molecule has 11 nitrogen and oxygen atoms in total. The second kappa shape index (κ2) is 9.60. The van der Waals surface area contributed by atoms with Gasteiger partial charge in [0.05, 0.1) is 15.6 Å². The Labute approximate surface area is 208 Å². The highest BCUT2D eigenvalue weighted by Crippen LogP contribution is 2.30. The molecule has 0 atom stereocenters. The van der Waals surface area contributed by atoms with Crippen molar-refractivity contribution in [2.75, 3.05) is 4.90 Å². The number of imide groups is 2. The zero-order valence-electron chi connectivity index (χ0n) is 18.0. The number of anilines is 1. The molecule has 4 amide bonds. The summed E-state index contributed by atoms with van der Waals surface area (Å²) < 4.78 is 30.0. The lowest BCUT2D eigenvalue weighted by molar-refractivity contribution is -0.384. The van der Waals surface area contributed by atoms with Gasteiger partial charge in [0.15, 0.2) is 5.75 Å². The van der Waals surface area contributed by atoms with E-state index in [0.29, 0.717) is 4.90 Å². The number of hydrogen-bond acceptors (Lipinski definition) is 8. The standard InChI is InChI=1S/C23H14ClN3O8S/c24-19-13-14(6-11-20(19)35-36(33,34)17-4-2-1-3-5-17)12-18-21(28)25-23(30)26(22(18)29)15-7-9-16(10-8-15)27(31)32/h1-13H,(H,25,28,30)/b18-12+. The van der Waals surface area contributed by atoms with Gasteiger partial charge in [-0.1, -0.05) is 35.9 Å². The highest BCUT2D eigenvalue weighted by atomic mass is 35.5. The van der Waals surface area contributed by atoms with Crippen LogP contribution in [0.1, 0.15) is 5.56 Å². The summed E-state index contributed by atoms with van der Waals surface area (Å²) in [6, 6.07) is 14.9. The Morgan fingerprint density at radius 1 is 0.972 bits per heavy atom. The van der Waals surface area contributed by atoms with Crippen molar-refractivity contribution in [3.05, 3.63) is 99.1 Å². The lowest BCUT2D eigenvalue weighted by Gasteiger charge is -2.26. The number of hydrogen-bond donors (Lipinski definition) is 1. The third-order valence-corrected chi connectivity index (χ3v) is 6.46. The summed E-state index contributed by atoms with van der Waals surface area (Å²) in [6.07, 6.45) is 1.16. The molecule has 36 heavy (non-hydrogen) atoms. The highest BCUT2D eigenvalue weighted by Gasteiger charge is 2.37. The van der Waals surface area contributed by atoms with Gasteiger partial charge in [0.25, 0.3) is 17.5 Å². The molecule has 1 N–H and O–H groups in total. The van der Waals surface area contributed by atoms with Gasteiger partial charge in [0.1, 0.15) is 10.5 Å². The van der Waals surface area contributed by atoms with Crippen LogP contribution in [0.25, 0.3) is 6.08 Å². The second-order valence-corrected chi connectivity index (χ2v) is 9.23. The summed E-state index contributed by atoms with van der Waals surface area (Å²) in [4.78, 5) is 48.4. The van der Waals surface area contributed by atoms with Crippen LogP contribution >= 0.6 is 11.6 Å². The van der Waals surface area contributed by atoms with Gasteiger partial charge in [-0.3, -0.25) is 25.0 Å². The molecule has 0 saturated carbocycles. The van der Waals surface area contributed by atoms with Gasteiger partial charge < -0.3 is 4.18 Å². The van der Waals surface area contributed by atoms with Crippen molar-refractivity contribution in [2.24, 2.45) is 0 Å². The SMILES string of the molecule is O=C1NC(=O)N(c2ccc([N+](=O)[O-])cc2)C(=O)/C1=C/c1ccc(OS(=O)(=O)c2ccccc2)c(Cl)c1. The first kappa shape index (κ1) is 24.6. The average Bonchev–Trinajstić information content (AvgIpc) is 2.84. The fourth-order valence-corrected chi connectivity index (χ4v) is 4.45. The van der Waals surface area contributed by atoms with E-state index in [1.807, 2.05) is 5.32 Å². The molecule has 182 valence electrons. The number of carbonyl (C=O) groups is 3. The number of benzene rings is 3. The van der Waals surface area contributed by atoms with Gasteiger partial charge in [0, 0.05) is 12.1 Å². The zero-order chi connectivity index (χ0) is 26.0. The van der Waals surface area contributed by atoms with Gasteiger partial charge in [-0.2, -0.15) is 8.42 Å². The highest BCUT2D eigenvalue weighted by molar-refractivity contribution is 7.87. The first-order chi connectivity index (χ1) is 17.1. The van der Waals surface area contributed by atoms with Crippen LogP contribution in [0.4, 0.5) is 16.2 Å². The van der Waals surface area contributed by atoms with E-state index >= 15 is 0 Å². The van der Waals surface area contributed by atoms with Crippen molar-refractivity contribution in [1.29, 1.82) is 0 Å². The number of rotatable bonds is 6. The van der Waals surface area contributed by atoms with Crippen molar-refractivity contribution < 1.29 is 31.9 Å². The number of nitrogens with one attached hydrogen (secondary N) is 1. The molecule has 0 unspecified atom stereocenters. The van der Waals surface area contributed by atoms with E-state index in [-0.39, 0.29) is 32.6 Å². The average molecular weight is 528 g/mol. The summed E-state index contributed by atoms with van der Waals surface area (Å²) in [5.41, 5.74) is -0.424. The first-order valence-corrected chi connectivity index (χ1v) is 11.8. The van der Waals surface area contributed by atoms with Crippen molar-refractivity contribution in [3.8, 4) is 5.75 Å². The number of amides is 4. The topological polar surface area (TPSA) is 153 Å². The zero-order valence-corrected chi connectivity index (χ0v) is 19.5. The maximum atomic E-state index is 13.0. The Hall–Kier alpha value is -4.55. The molecule has 1 aliphatic rings. The molecule has 0 spiro atoms. The maximum absolute atomic E-state index is 13.0. The van der Waals surface area contributed by atoms with E-state index in [1.165, 1.54) is 54.6 Å². The molecule has 1 fully saturated rings. The molecule has 1 saturated heterocycles. The van der Waals surface area contributed by atoms with E-state index in [0.717, 1.165) is 18.2 Å². The van der Waals surface area contributed by atoms with Gasteiger partial charge in [-0.15, -0.1) is 0 Å². The van der Waals surface area contributed by atoms with Crippen LogP contribution < -0.4 is 14.4 Å². The summed E-state index contributed by atoms with van der Waals surface area (Å²) in [5, 5.41) is 12.8. The lowest BCUT2D eigenvalue weighted by atomic mass is 10.1. The summed E-state index contributed by atoms with van der Waals surface area (Å²) in [6.45, 7) is 0. The first-order valence-electron chi connectivity index (χ1n) is 10.0. The molecular formula is C23H14ClN3O8S. The van der Waals surface area contributed by atoms with Crippen LogP contribution in [0.2, 0.25) is 5.02 Å². The van der Waals surface area contributed by atoms with Gasteiger partial charge in [-0.05, 0) is 48.0 Å². The van der Waals surface area contributed by atoms with Gasteiger partial charge >= 0.3 is 16.1 Å². The van der Waals surface area contributed by atoms with Gasteiger partial charge in [-0.25, -0.2) is 9.69 Å². The Bertz CT molecular complexity index is 1540. The molecule has 3 aromatic rings. The third-order valence-electron chi connectivity index (χ3n) is 4.92. The molecule has 0 aliphatic carbocycles. The number of halogens is 1. The minimum absolute atomic E-state index is 0.00870. The number of barbiturate groups is 1. The van der Waals surface area contributed by atoms with Crippen molar-refractivity contribution in [3.63, 3.8) is 0 Å². The number of carbonyl (C=O) groups excluding carboxylic acids is 3. The lowest BCUT2D eigenvalue weighted by Crippen LogP contribution is -2.54. The molecule has 0 aromatic heterocycles. The number of nitrogens with zero attached hydrogens (tertiary/aromatic N) is 2. The minimum atomic E-state index is -4.15. The summed E-state index contributed by atoms with van der Waals surface area (Å²) >= 11 is 6.18. The quantitative estimate of drug-likeness (QED) is 0.167. The van der Waals surface area contributed by atoms with E-state index in [9.17, 15) is 32.9 Å².